The van der Waals surface area contributed by atoms with E-state index in [4.69, 9.17) is 0 Å². The third kappa shape index (κ3) is 4.59. The van der Waals surface area contributed by atoms with Crippen LogP contribution in [0.3, 0.4) is 0 Å². The number of amides is 2. The number of rotatable bonds is 6. The van der Waals surface area contributed by atoms with Crippen molar-refractivity contribution in [3.8, 4) is 0 Å². The zero-order valence-corrected chi connectivity index (χ0v) is 13.0. The first kappa shape index (κ1) is 16.1. The molecule has 2 aliphatic rings. The van der Waals surface area contributed by atoms with Gasteiger partial charge in [-0.15, -0.1) is 0 Å². The van der Waals surface area contributed by atoms with E-state index in [-0.39, 0.29) is 11.9 Å². The summed E-state index contributed by atoms with van der Waals surface area (Å²) < 4.78 is 0. The van der Waals surface area contributed by atoms with Crippen molar-refractivity contribution in [2.75, 3.05) is 32.7 Å². The first-order valence-electron chi connectivity index (χ1n) is 8.01. The van der Waals surface area contributed by atoms with Gasteiger partial charge in [0.25, 0.3) is 0 Å². The average molecular weight is 297 g/mol. The Morgan fingerprint density at radius 1 is 1.24 bits per heavy atom. The monoisotopic (exact) mass is 297 g/mol. The molecule has 1 saturated heterocycles. The molecule has 0 spiro atoms. The Labute approximate surface area is 126 Å². The van der Waals surface area contributed by atoms with Crippen LogP contribution in [-0.4, -0.2) is 65.7 Å². The molecule has 1 aliphatic heterocycles. The van der Waals surface area contributed by atoms with Crippen molar-refractivity contribution >= 4 is 12.0 Å². The number of aliphatic carboxylic acids is 1. The minimum Gasteiger partial charge on any atom is -0.480 e. The molecule has 0 bridgehead atoms. The largest absolute Gasteiger partial charge is 0.480 e. The van der Waals surface area contributed by atoms with Crippen molar-refractivity contribution in [2.24, 2.45) is 11.8 Å². The lowest BCUT2D eigenvalue weighted by atomic mass is 9.99. The first-order chi connectivity index (χ1) is 10.0. The van der Waals surface area contributed by atoms with Crippen molar-refractivity contribution in [3.05, 3.63) is 0 Å². The fraction of sp³-hybridized carbons (Fsp3) is 0.867. The van der Waals surface area contributed by atoms with Crippen LogP contribution in [0.4, 0.5) is 4.79 Å². The van der Waals surface area contributed by atoms with Gasteiger partial charge in [0.05, 0.1) is 0 Å². The lowest BCUT2D eigenvalue weighted by molar-refractivity contribution is -0.140. The molecule has 0 radical (unpaired) electrons. The van der Waals surface area contributed by atoms with Crippen molar-refractivity contribution in [1.29, 1.82) is 0 Å². The summed E-state index contributed by atoms with van der Waals surface area (Å²) in [6, 6.07) is -1.04. The molecule has 6 nitrogen and oxygen atoms in total. The Bertz CT molecular complexity index is 376. The summed E-state index contributed by atoms with van der Waals surface area (Å²) in [6.45, 7) is 8.10. The van der Waals surface area contributed by atoms with E-state index in [1.807, 2.05) is 13.8 Å². The highest BCUT2D eigenvalue weighted by atomic mass is 16.4. The molecular weight excluding hydrogens is 270 g/mol. The van der Waals surface area contributed by atoms with Gasteiger partial charge in [0.2, 0.25) is 0 Å². The smallest absolute Gasteiger partial charge is 0.326 e. The minimum atomic E-state index is -0.954. The fourth-order valence-corrected chi connectivity index (χ4v) is 2.71. The van der Waals surface area contributed by atoms with E-state index in [2.05, 4.69) is 10.2 Å². The molecule has 2 amide bonds. The molecule has 21 heavy (non-hydrogen) atoms. The molecule has 2 fully saturated rings. The number of carboxylic acids is 1. The highest BCUT2D eigenvalue weighted by Gasteiger charge is 2.30. The number of hydrogen-bond acceptors (Lipinski definition) is 3. The van der Waals surface area contributed by atoms with Gasteiger partial charge < -0.3 is 15.3 Å². The molecule has 0 aromatic heterocycles. The predicted molar refractivity (Wildman–Crippen MR) is 80.1 cm³/mol. The SMILES string of the molecule is CCC(C)C(NC(=O)N1CCN(CC2CC2)CC1)C(=O)O. The quantitative estimate of drug-likeness (QED) is 0.773. The molecule has 6 heteroatoms. The van der Waals surface area contributed by atoms with E-state index < -0.39 is 12.0 Å². The van der Waals surface area contributed by atoms with Crippen LogP contribution >= 0.6 is 0 Å². The van der Waals surface area contributed by atoms with E-state index in [0.29, 0.717) is 13.1 Å². The number of hydrogen-bond donors (Lipinski definition) is 2. The number of carbonyl (C=O) groups is 2. The predicted octanol–water partition coefficient (Wildman–Crippen LogP) is 1.22. The molecule has 2 atom stereocenters. The normalized spacial score (nSPS) is 22.7. The molecule has 1 heterocycles. The maximum absolute atomic E-state index is 12.2. The minimum absolute atomic E-state index is 0.0670. The van der Waals surface area contributed by atoms with E-state index in [1.165, 1.54) is 12.8 Å². The highest BCUT2D eigenvalue weighted by Crippen LogP contribution is 2.29. The van der Waals surface area contributed by atoms with Gasteiger partial charge in [-0.3, -0.25) is 4.90 Å². The third-order valence-corrected chi connectivity index (χ3v) is 4.63. The molecule has 0 aromatic rings. The van der Waals surface area contributed by atoms with Crippen LogP contribution in [0.25, 0.3) is 0 Å². The summed E-state index contributed by atoms with van der Waals surface area (Å²) in [5.74, 6) is -0.153. The Hall–Kier alpha value is -1.30. The second kappa shape index (κ2) is 7.11. The summed E-state index contributed by atoms with van der Waals surface area (Å²) in [7, 11) is 0. The number of carboxylic acid groups (broad SMARTS) is 1. The van der Waals surface area contributed by atoms with Gasteiger partial charge in [0.1, 0.15) is 6.04 Å². The Balaban J connectivity index is 1.78. The van der Waals surface area contributed by atoms with Crippen molar-refractivity contribution in [2.45, 2.75) is 39.2 Å². The summed E-state index contributed by atoms with van der Waals surface area (Å²) in [6.07, 6.45) is 3.41. The number of carbonyl (C=O) groups excluding carboxylic acids is 1. The molecule has 2 unspecified atom stereocenters. The Morgan fingerprint density at radius 2 is 1.86 bits per heavy atom. The molecular formula is C15H27N3O3. The van der Waals surface area contributed by atoms with Gasteiger partial charge in [-0.2, -0.15) is 0 Å². The van der Waals surface area contributed by atoms with Crippen LogP contribution in [0.1, 0.15) is 33.1 Å². The zero-order valence-electron chi connectivity index (χ0n) is 13.0. The third-order valence-electron chi connectivity index (χ3n) is 4.63. The van der Waals surface area contributed by atoms with E-state index >= 15 is 0 Å². The number of piperazine rings is 1. The number of urea groups is 1. The number of nitrogens with one attached hydrogen (secondary N) is 1. The standard InChI is InChI=1S/C15H27N3O3/c1-3-11(2)13(14(19)20)16-15(21)18-8-6-17(7-9-18)10-12-4-5-12/h11-13H,3-10H2,1-2H3,(H,16,21)(H,19,20). The lowest BCUT2D eigenvalue weighted by Crippen LogP contribution is -2.55. The molecule has 1 saturated carbocycles. The van der Waals surface area contributed by atoms with Crippen LogP contribution < -0.4 is 5.32 Å². The van der Waals surface area contributed by atoms with E-state index in [0.717, 1.165) is 32.0 Å². The number of nitrogens with zero attached hydrogens (tertiary/aromatic N) is 2. The van der Waals surface area contributed by atoms with Crippen LogP contribution in [0.2, 0.25) is 0 Å². The lowest BCUT2D eigenvalue weighted by Gasteiger charge is -2.35. The van der Waals surface area contributed by atoms with Crippen LogP contribution in [0.5, 0.6) is 0 Å². The van der Waals surface area contributed by atoms with Gasteiger partial charge in [-0.1, -0.05) is 20.3 Å². The molecule has 2 rings (SSSR count). The Kier molecular flexibility index (Phi) is 5.45. The summed E-state index contributed by atoms with van der Waals surface area (Å²) in [5.41, 5.74) is 0. The second-order valence-corrected chi connectivity index (χ2v) is 6.38. The molecule has 0 aromatic carbocycles. The summed E-state index contributed by atoms with van der Waals surface area (Å²) >= 11 is 0. The van der Waals surface area contributed by atoms with E-state index in [9.17, 15) is 14.7 Å². The van der Waals surface area contributed by atoms with Crippen molar-refractivity contribution in [3.63, 3.8) is 0 Å². The van der Waals surface area contributed by atoms with E-state index in [1.54, 1.807) is 4.90 Å². The van der Waals surface area contributed by atoms with Crippen LogP contribution in [0, 0.1) is 11.8 Å². The molecule has 1 aliphatic carbocycles. The van der Waals surface area contributed by atoms with Gasteiger partial charge in [-0.05, 0) is 24.7 Å². The van der Waals surface area contributed by atoms with Crippen LogP contribution in [-0.2, 0) is 4.79 Å². The second-order valence-electron chi connectivity index (χ2n) is 6.38. The van der Waals surface area contributed by atoms with Crippen LogP contribution in [0.15, 0.2) is 0 Å². The zero-order chi connectivity index (χ0) is 15.4. The van der Waals surface area contributed by atoms with Gasteiger partial charge in [0.15, 0.2) is 0 Å². The Morgan fingerprint density at radius 3 is 2.33 bits per heavy atom. The summed E-state index contributed by atoms with van der Waals surface area (Å²) in [5, 5.41) is 11.9. The summed E-state index contributed by atoms with van der Waals surface area (Å²) in [4.78, 5) is 27.6. The van der Waals surface area contributed by atoms with Gasteiger partial charge in [-0.25, -0.2) is 9.59 Å². The average Bonchev–Trinajstić information content (AvgIpc) is 3.28. The molecule has 2 N–H and O–H groups in total. The fourth-order valence-electron chi connectivity index (χ4n) is 2.71. The van der Waals surface area contributed by atoms with Crippen molar-refractivity contribution < 1.29 is 14.7 Å². The van der Waals surface area contributed by atoms with Crippen molar-refractivity contribution in [1.82, 2.24) is 15.1 Å². The van der Waals surface area contributed by atoms with Gasteiger partial charge >= 0.3 is 12.0 Å². The maximum Gasteiger partial charge on any atom is 0.326 e. The molecule has 120 valence electrons. The topological polar surface area (TPSA) is 72.9 Å². The first-order valence-corrected chi connectivity index (χ1v) is 8.01. The highest BCUT2D eigenvalue weighted by molar-refractivity contribution is 5.82. The maximum atomic E-state index is 12.2. The van der Waals surface area contributed by atoms with Gasteiger partial charge in [0, 0.05) is 32.7 Å².